The van der Waals surface area contributed by atoms with Crippen LogP contribution in [0.5, 0.6) is 0 Å². The Morgan fingerprint density at radius 2 is 1.85 bits per heavy atom. The first-order chi connectivity index (χ1) is 9.74. The molecule has 0 radical (unpaired) electrons. The quantitative estimate of drug-likeness (QED) is 0.567. The second-order valence-electron chi connectivity index (χ2n) is 4.47. The van der Waals surface area contributed by atoms with E-state index in [1.54, 1.807) is 0 Å². The zero-order chi connectivity index (χ0) is 13.9. The molecule has 0 bridgehead atoms. The van der Waals surface area contributed by atoms with Crippen LogP contribution in [0.2, 0.25) is 0 Å². The molecule has 20 heavy (non-hydrogen) atoms. The van der Waals surface area contributed by atoms with Crippen molar-refractivity contribution in [1.82, 2.24) is 4.98 Å². The van der Waals surface area contributed by atoms with Gasteiger partial charge in [0.15, 0.2) is 0 Å². The van der Waals surface area contributed by atoms with E-state index in [1.807, 2.05) is 12.3 Å². The highest BCUT2D eigenvalue weighted by Crippen LogP contribution is 2.25. The van der Waals surface area contributed by atoms with Crippen molar-refractivity contribution in [2.45, 2.75) is 6.54 Å². The summed E-state index contributed by atoms with van der Waals surface area (Å²) in [5.74, 6) is 0. The molecule has 0 aliphatic heterocycles. The van der Waals surface area contributed by atoms with E-state index in [0.29, 0.717) is 0 Å². The Bertz CT molecular complexity index is 741. The number of aromatic nitrogens is 1. The Morgan fingerprint density at radius 1 is 1.05 bits per heavy atom. The smallest absolute Gasteiger partial charge is 0.0763 e. The van der Waals surface area contributed by atoms with E-state index in [2.05, 4.69) is 91.3 Å². The lowest BCUT2D eigenvalue weighted by Gasteiger charge is -2.10. The molecule has 0 saturated heterocycles. The molecule has 0 fully saturated rings. The van der Waals surface area contributed by atoms with Crippen LogP contribution in [0.15, 0.2) is 59.2 Å². The van der Waals surface area contributed by atoms with Gasteiger partial charge in [-0.1, -0.05) is 28.1 Å². The molecule has 2 nitrogen and oxygen atoms in total. The van der Waals surface area contributed by atoms with Gasteiger partial charge in [-0.2, -0.15) is 0 Å². The van der Waals surface area contributed by atoms with Gasteiger partial charge in [0.25, 0.3) is 0 Å². The highest BCUT2D eigenvalue weighted by molar-refractivity contribution is 14.1. The van der Waals surface area contributed by atoms with Crippen LogP contribution in [0.1, 0.15) is 5.56 Å². The topological polar surface area (TPSA) is 24.9 Å². The van der Waals surface area contributed by atoms with Gasteiger partial charge in [-0.3, -0.25) is 4.98 Å². The maximum atomic E-state index is 4.50. The molecule has 0 saturated carbocycles. The van der Waals surface area contributed by atoms with Gasteiger partial charge in [0.1, 0.15) is 0 Å². The SMILES string of the molecule is Brc1ccc(CNc2ccc(I)cc2)c2ncccc12. The molecule has 0 amide bonds. The average molecular weight is 439 g/mol. The molecular weight excluding hydrogens is 427 g/mol. The van der Waals surface area contributed by atoms with E-state index >= 15 is 0 Å². The van der Waals surface area contributed by atoms with E-state index < -0.39 is 0 Å². The summed E-state index contributed by atoms with van der Waals surface area (Å²) < 4.78 is 2.32. The van der Waals surface area contributed by atoms with Crippen LogP contribution in [0.4, 0.5) is 5.69 Å². The number of anilines is 1. The maximum absolute atomic E-state index is 4.50. The van der Waals surface area contributed by atoms with Gasteiger partial charge in [0.2, 0.25) is 0 Å². The maximum Gasteiger partial charge on any atom is 0.0763 e. The van der Waals surface area contributed by atoms with Gasteiger partial charge in [0.05, 0.1) is 5.52 Å². The molecule has 1 N–H and O–H groups in total. The summed E-state index contributed by atoms with van der Waals surface area (Å²) in [6.07, 6.45) is 1.84. The standard InChI is InChI=1S/C16H12BrIN2/c17-15-8-3-11(16-14(15)2-1-9-19-16)10-20-13-6-4-12(18)5-7-13/h1-9,20H,10H2. The van der Waals surface area contributed by atoms with E-state index in [-0.39, 0.29) is 0 Å². The summed E-state index contributed by atoms with van der Waals surface area (Å²) in [6.45, 7) is 0.765. The first-order valence-corrected chi connectivity index (χ1v) is 8.13. The molecule has 2 aromatic carbocycles. The number of hydrogen-bond acceptors (Lipinski definition) is 2. The van der Waals surface area contributed by atoms with Gasteiger partial charge in [-0.05, 0) is 64.6 Å². The number of nitrogens with zero attached hydrogens (tertiary/aromatic N) is 1. The number of pyridine rings is 1. The fraction of sp³-hybridized carbons (Fsp3) is 0.0625. The monoisotopic (exact) mass is 438 g/mol. The highest BCUT2D eigenvalue weighted by atomic mass is 127. The van der Waals surface area contributed by atoms with E-state index in [1.165, 1.54) is 9.13 Å². The van der Waals surface area contributed by atoms with Crippen molar-refractivity contribution >= 4 is 55.1 Å². The fourth-order valence-electron chi connectivity index (χ4n) is 2.10. The van der Waals surface area contributed by atoms with E-state index in [0.717, 1.165) is 27.6 Å². The Kier molecular flexibility index (Phi) is 4.21. The zero-order valence-electron chi connectivity index (χ0n) is 10.6. The second-order valence-corrected chi connectivity index (χ2v) is 6.57. The van der Waals surface area contributed by atoms with Crippen molar-refractivity contribution in [3.63, 3.8) is 0 Å². The molecule has 3 aromatic rings. The lowest BCUT2D eigenvalue weighted by Crippen LogP contribution is -2.01. The van der Waals surface area contributed by atoms with Gasteiger partial charge in [-0.25, -0.2) is 0 Å². The van der Waals surface area contributed by atoms with Crippen LogP contribution in [0.3, 0.4) is 0 Å². The van der Waals surface area contributed by atoms with Crippen LogP contribution in [-0.2, 0) is 6.54 Å². The summed E-state index contributed by atoms with van der Waals surface area (Å²) in [7, 11) is 0. The van der Waals surface area contributed by atoms with Crippen LogP contribution in [-0.4, -0.2) is 4.98 Å². The molecule has 3 rings (SSSR count). The molecule has 0 atom stereocenters. The Hall–Kier alpha value is -1.14. The average Bonchev–Trinajstić information content (AvgIpc) is 2.49. The van der Waals surface area contributed by atoms with Gasteiger partial charge < -0.3 is 5.32 Å². The lowest BCUT2D eigenvalue weighted by atomic mass is 10.1. The number of rotatable bonds is 3. The van der Waals surface area contributed by atoms with Crippen molar-refractivity contribution in [3.8, 4) is 0 Å². The summed E-state index contributed by atoms with van der Waals surface area (Å²) in [6, 6.07) is 16.6. The van der Waals surface area contributed by atoms with Crippen LogP contribution in [0.25, 0.3) is 10.9 Å². The molecule has 0 aliphatic rings. The molecule has 1 heterocycles. The summed E-state index contributed by atoms with van der Waals surface area (Å²) in [5.41, 5.74) is 3.36. The molecule has 0 aliphatic carbocycles. The minimum Gasteiger partial charge on any atom is -0.381 e. The summed E-state index contributed by atoms with van der Waals surface area (Å²) in [4.78, 5) is 4.50. The number of halogens is 2. The van der Waals surface area contributed by atoms with Gasteiger partial charge in [0, 0.05) is 31.9 Å². The Morgan fingerprint density at radius 3 is 2.65 bits per heavy atom. The minimum absolute atomic E-state index is 0.765. The largest absolute Gasteiger partial charge is 0.381 e. The normalized spacial score (nSPS) is 10.7. The van der Waals surface area contributed by atoms with E-state index in [9.17, 15) is 0 Å². The van der Waals surface area contributed by atoms with Gasteiger partial charge in [-0.15, -0.1) is 0 Å². The number of hydrogen-bond donors (Lipinski definition) is 1. The molecular formula is C16H12BrIN2. The molecule has 4 heteroatoms. The van der Waals surface area contributed by atoms with Crippen LogP contribution in [0, 0.1) is 3.57 Å². The zero-order valence-corrected chi connectivity index (χ0v) is 14.3. The van der Waals surface area contributed by atoms with E-state index in [4.69, 9.17) is 0 Å². The number of fused-ring (bicyclic) bond motifs is 1. The van der Waals surface area contributed by atoms with Crippen molar-refractivity contribution in [3.05, 3.63) is 68.3 Å². The first-order valence-electron chi connectivity index (χ1n) is 6.25. The molecule has 100 valence electrons. The highest BCUT2D eigenvalue weighted by Gasteiger charge is 2.05. The summed E-state index contributed by atoms with van der Waals surface area (Å²) >= 11 is 5.88. The van der Waals surface area contributed by atoms with Crippen molar-refractivity contribution in [2.24, 2.45) is 0 Å². The first kappa shape index (κ1) is 13.8. The lowest BCUT2D eigenvalue weighted by molar-refractivity contribution is 1.15. The predicted octanol–water partition coefficient (Wildman–Crippen LogP) is 5.21. The van der Waals surface area contributed by atoms with Crippen molar-refractivity contribution in [2.75, 3.05) is 5.32 Å². The second kappa shape index (κ2) is 6.10. The fourth-order valence-corrected chi connectivity index (χ4v) is 2.92. The van der Waals surface area contributed by atoms with Gasteiger partial charge >= 0.3 is 0 Å². The molecule has 0 spiro atoms. The third-order valence-electron chi connectivity index (χ3n) is 3.13. The third-order valence-corrected chi connectivity index (χ3v) is 4.54. The molecule has 0 unspecified atom stereocenters. The van der Waals surface area contributed by atoms with Crippen molar-refractivity contribution in [1.29, 1.82) is 0 Å². The number of benzene rings is 2. The third kappa shape index (κ3) is 2.96. The summed E-state index contributed by atoms with van der Waals surface area (Å²) in [5, 5.41) is 4.59. The number of nitrogens with one attached hydrogen (secondary N) is 1. The van der Waals surface area contributed by atoms with Crippen LogP contribution < -0.4 is 5.32 Å². The Balaban J connectivity index is 1.88. The molecule has 1 aromatic heterocycles. The van der Waals surface area contributed by atoms with Crippen molar-refractivity contribution < 1.29 is 0 Å². The van der Waals surface area contributed by atoms with Crippen LogP contribution >= 0.6 is 38.5 Å². The minimum atomic E-state index is 0.765. The predicted molar refractivity (Wildman–Crippen MR) is 95.9 cm³/mol. The Labute approximate surface area is 139 Å².